The van der Waals surface area contributed by atoms with Crippen LogP contribution >= 0.6 is 34.5 Å². The summed E-state index contributed by atoms with van der Waals surface area (Å²) in [5.74, 6) is -0.772. The number of esters is 1. The monoisotopic (exact) mass is 615 g/mol. The van der Waals surface area contributed by atoms with Crippen molar-refractivity contribution in [3.8, 4) is 5.69 Å². The fourth-order valence-electron chi connectivity index (χ4n) is 6.54. The van der Waals surface area contributed by atoms with E-state index < -0.39 is 17.4 Å². The molecule has 12 heteroatoms. The Balaban J connectivity index is 1.11. The van der Waals surface area contributed by atoms with E-state index in [-0.39, 0.29) is 23.1 Å². The number of carbonyl (C=O) groups is 1. The molecule has 1 aliphatic heterocycles. The molecule has 2 aromatic heterocycles. The lowest BCUT2D eigenvalue weighted by atomic mass is 9.54. The first-order chi connectivity index (χ1) is 19.7. The second kappa shape index (κ2) is 9.90. The fourth-order valence-corrected chi connectivity index (χ4v) is 8.16. The Morgan fingerprint density at radius 3 is 2.56 bits per heavy atom. The summed E-state index contributed by atoms with van der Waals surface area (Å²) in [4.78, 5) is 18.9. The highest BCUT2D eigenvalue weighted by Crippen LogP contribution is 2.61. The average molecular weight is 617 g/mol. The first kappa shape index (κ1) is 27.1. The number of piperidine rings is 1. The number of ether oxygens (including phenoxy) is 1. The second-order valence-electron chi connectivity index (χ2n) is 11.5. The van der Waals surface area contributed by atoms with Crippen molar-refractivity contribution >= 4 is 55.9 Å². The highest BCUT2D eigenvalue weighted by molar-refractivity contribution is 7.22. The molecule has 2 aromatic carbocycles. The van der Waals surface area contributed by atoms with Crippen LogP contribution < -0.4 is 4.90 Å². The molecule has 3 heterocycles. The van der Waals surface area contributed by atoms with Crippen molar-refractivity contribution in [2.45, 2.75) is 57.0 Å². The predicted octanol–water partition coefficient (Wildman–Crippen LogP) is 6.65. The molecule has 2 saturated carbocycles. The van der Waals surface area contributed by atoms with Crippen molar-refractivity contribution in [3.05, 3.63) is 63.1 Å². The number of hydrogen-bond donors (Lipinski definition) is 1. The number of anilines is 1. The van der Waals surface area contributed by atoms with Crippen LogP contribution in [0.5, 0.6) is 0 Å². The second-order valence-corrected chi connectivity index (χ2v) is 13.3. The van der Waals surface area contributed by atoms with Crippen LogP contribution in [-0.2, 0) is 10.3 Å². The van der Waals surface area contributed by atoms with Crippen molar-refractivity contribution < 1.29 is 19.0 Å². The van der Waals surface area contributed by atoms with Crippen LogP contribution in [0.4, 0.5) is 9.52 Å². The Morgan fingerprint density at radius 1 is 1.20 bits per heavy atom. The van der Waals surface area contributed by atoms with E-state index in [1.807, 2.05) is 0 Å². The Bertz CT molecular complexity index is 1650. The summed E-state index contributed by atoms with van der Waals surface area (Å²) in [5.41, 5.74) is 1.46. The molecular formula is C29H28Cl2FN5O3S. The van der Waals surface area contributed by atoms with Gasteiger partial charge in [0.1, 0.15) is 16.8 Å². The van der Waals surface area contributed by atoms with Gasteiger partial charge >= 0.3 is 5.97 Å². The minimum Gasteiger partial charge on any atom is -0.462 e. The number of thiazole rings is 1. The van der Waals surface area contributed by atoms with Crippen LogP contribution in [0.15, 0.2) is 30.3 Å². The SMILES string of the molecule is CCOC(=O)c1cc(F)c2nc(N3CCC4(CC3)CC(O)(c3c(C5CC5)nnn3-c3c(Cl)cccc3Cl)C4)sc2c1. The predicted molar refractivity (Wildman–Crippen MR) is 156 cm³/mol. The third-order valence-corrected chi connectivity index (χ3v) is 10.3. The summed E-state index contributed by atoms with van der Waals surface area (Å²) in [6.45, 7) is 3.43. The van der Waals surface area contributed by atoms with Gasteiger partial charge in [0, 0.05) is 19.0 Å². The molecular weight excluding hydrogens is 588 g/mol. The third-order valence-electron chi connectivity index (χ3n) is 8.63. The Morgan fingerprint density at radius 2 is 1.90 bits per heavy atom. The van der Waals surface area contributed by atoms with Gasteiger partial charge in [-0.25, -0.2) is 18.9 Å². The molecule has 1 spiro atoms. The van der Waals surface area contributed by atoms with Crippen molar-refractivity contribution in [2.75, 3.05) is 24.6 Å². The van der Waals surface area contributed by atoms with E-state index in [0.29, 0.717) is 44.9 Å². The molecule has 0 atom stereocenters. The van der Waals surface area contributed by atoms with E-state index in [1.165, 1.54) is 17.4 Å². The smallest absolute Gasteiger partial charge is 0.338 e. The number of hydrogen-bond acceptors (Lipinski definition) is 8. The van der Waals surface area contributed by atoms with E-state index in [4.69, 9.17) is 27.9 Å². The van der Waals surface area contributed by atoms with Crippen LogP contribution in [0, 0.1) is 11.2 Å². The van der Waals surface area contributed by atoms with Gasteiger partial charge in [0.25, 0.3) is 0 Å². The van der Waals surface area contributed by atoms with Crippen LogP contribution in [0.1, 0.15) is 73.1 Å². The van der Waals surface area contributed by atoms with Gasteiger partial charge < -0.3 is 14.7 Å². The van der Waals surface area contributed by atoms with E-state index in [0.717, 1.165) is 49.6 Å². The number of benzene rings is 2. The number of para-hydroxylation sites is 1. The number of halogens is 3. The zero-order valence-corrected chi connectivity index (χ0v) is 24.7. The zero-order valence-electron chi connectivity index (χ0n) is 22.4. The maximum Gasteiger partial charge on any atom is 0.338 e. The minimum atomic E-state index is -1.07. The van der Waals surface area contributed by atoms with E-state index in [2.05, 4.69) is 20.2 Å². The first-order valence-electron chi connectivity index (χ1n) is 13.9. The number of rotatable bonds is 6. The van der Waals surface area contributed by atoms with E-state index >= 15 is 0 Å². The Labute approximate surface area is 250 Å². The van der Waals surface area contributed by atoms with Crippen molar-refractivity contribution in [3.63, 3.8) is 0 Å². The molecule has 41 heavy (non-hydrogen) atoms. The average Bonchev–Trinajstić information content (AvgIpc) is 3.52. The summed E-state index contributed by atoms with van der Waals surface area (Å²) in [5, 5.41) is 22.6. The summed E-state index contributed by atoms with van der Waals surface area (Å²) in [6, 6.07) is 8.15. The highest BCUT2D eigenvalue weighted by Gasteiger charge is 2.58. The van der Waals surface area contributed by atoms with Gasteiger partial charge in [-0.05, 0) is 75.1 Å². The molecule has 4 aromatic rings. The van der Waals surface area contributed by atoms with Crippen molar-refractivity contribution in [1.29, 1.82) is 0 Å². The molecule has 3 fully saturated rings. The number of carbonyl (C=O) groups excluding carboxylic acids is 1. The molecule has 0 radical (unpaired) electrons. The molecule has 2 aliphatic carbocycles. The summed E-state index contributed by atoms with van der Waals surface area (Å²) < 4.78 is 22.1. The minimum absolute atomic E-state index is 0.0234. The molecule has 3 aliphatic rings. The molecule has 0 amide bonds. The number of nitrogens with zero attached hydrogens (tertiary/aromatic N) is 5. The van der Waals surface area contributed by atoms with Gasteiger partial charge in [-0.2, -0.15) is 0 Å². The van der Waals surface area contributed by atoms with Gasteiger partial charge in [0.15, 0.2) is 10.9 Å². The largest absolute Gasteiger partial charge is 0.462 e. The van der Waals surface area contributed by atoms with Crippen LogP contribution in [0.2, 0.25) is 10.0 Å². The summed E-state index contributed by atoms with van der Waals surface area (Å²) >= 11 is 14.4. The topological polar surface area (TPSA) is 93.4 Å². The van der Waals surface area contributed by atoms with E-state index in [9.17, 15) is 14.3 Å². The quantitative estimate of drug-likeness (QED) is 0.243. The lowest BCUT2D eigenvalue weighted by Crippen LogP contribution is -2.55. The first-order valence-corrected chi connectivity index (χ1v) is 15.4. The molecule has 0 bridgehead atoms. The number of aromatic nitrogens is 4. The normalized spacial score (nSPS) is 19.5. The highest BCUT2D eigenvalue weighted by atomic mass is 35.5. The van der Waals surface area contributed by atoms with Crippen LogP contribution in [0.3, 0.4) is 0 Å². The van der Waals surface area contributed by atoms with Gasteiger partial charge in [-0.15, -0.1) is 5.10 Å². The lowest BCUT2D eigenvalue weighted by Gasteiger charge is -2.56. The fraction of sp³-hybridized carbons (Fsp3) is 0.448. The maximum absolute atomic E-state index is 14.8. The van der Waals surface area contributed by atoms with Gasteiger partial charge in [0.05, 0.1) is 38.3 Å². The standard InChI is InChI=1S/C29H28Cl2FN5O3S/c1-2-40-26(38)17-12-20(32)23-21(13-17)41-27(33-23)36-10-8-28(9-11-36)14-29(39,15-28)25-22(16-6-7-16)34-35-37(25)24-18(30)4-3-5-19(24)31/h3-5,12-13,16,39H,2,6-11,14-15H2,1H3. The van der Waals surface area contributed by atoms with Crippen LogP contribution in [0.25, 0.3) is 15.9 Å². The van der Waals surface area contributed by atoms with Gasteiger partial charge in [-0.1, -0.05) is 45.8 Å². The van der Waals surface area contributed by atoms with Gasteiger partial charge in [0.2, 0.25) is 0 Å². The zero-order chi connectivity index (χ0) is 28.5. The summed E-state index contributed by atoms with van der Waals surface area (Å²) in [6.07, 6.45) is 5.00. The number of fused-ring (bicyclic) bond motifs is 1. The third kappa shape index (κ3) is 4.59. The Hall–Kier alpha value is -2.79. The lowest BCUT2D eigenvalue weighted by molar-refractivity contribution is -0.148. The van der Waals surface area contributed by atoms with Crippen molar-refractivity contribution in [1.82, 2.24) is 20.0 Å². The molecule has 214 valence electrons. The molecule has 7 rings (SSSR count). The molecule has 1 N–H and O–H groups in total. The van der Waals surface area contributed by atoms with E-state index in [1.54, 1.807) is 35.9 Å². The maximum atomic E-state index is 14.8. The van der Waals surface area contributed by atoms with Gasteiger partial charge in [-0.3, -0.25) is 0 Å². The number of aliphatic hydroxyl groups is 1. The van der Waals surface area contributed by atoms with Crippen molar-refractivity contribution in [2.24, 2.45) is 5.41 Å². The van der Waals surface area contributed by atoms with Crippen LogP contribution in [-0.4, -0.2) is 50.8 Å². The molecule has 0 unspecified atom stereocenters. The molecule has 8 nitrogen and oxygen atoms in total. The molecule has 1 saturated heterocycles. The summed E-state index contributed by atoms with van der Waals surface area (Å²) in [7, 11) is 0. The Kier molecular flexibility index (Phi) is 6.53.